The van der Waals surface area contributed by atoms with Crippen LogP contribution in [0.2, 0.25) is 0 Å². The molecule has 1 aliphatic rings. The predicted molar refractivity (Wildman–Crippen MR) is 71.2 cm³/mol. The lowest BCUT2D eigenvalue weighted by molar-refractivity contribution is 0.113. The number of nitrogens with one attached hydrogen (secondary N) is 1. The van der Waals surface area contributed by atoms with Crippen LogP contribution in [0.5, 0.6) is 0 Å². The molecule has 1 fully saturated rings. The van der Waals surface area contributed by atoms with Gasteiger partial charge in [-0.3, -0.25) is 0 Å². The second kappa shape index (κ2) is 6.18. The molecule has 0 aliphatic carbocycles. The molecule has 1 saturated heterocycles. The van der Waals surface area contributed by atoms with Crippen molar-refractivity contribution in [3.63, 3.8) is 0 Å². The molecule has 0 radical (unpaired) electrons. The van der Waals surface area contributed by atoms with Crippen LogP contribution in [0.3, 0.4) is 0 Å². The molecule has 0 bridgehead atoms. The zero-order valence-corrected chi connectivity index (χ0v) is 10.7. The summed E-state index contributed by atoms with van der Waals surface area (Å²) < 4.78 is 0. The summed E-state index contributed by atoms with van der Waals surface area (Å²) in [4.78, 5) is 0. The van der Waals surface area contributed by atoms with Crippen molar-refractivity contribution >= 4 is 0 Å². The van der Waals surface area contributed by atoms with Gasteiger partial charge in [0, 0.05) is 6.04 Å². The maximum Gasteiger partial charge on any atom is 0.0733 e. The van der Waals surface area contributed by atoms with Crippen molar-refractivity contribution in [1.29, 1.82) is 0 Å². The number of benzene rings is 1. The zero-order chi connectivity index (χ0) is 12.1. The monoisotopic (exact) mass is 233 g/mol. The van der Waals surface area contributed by atoms with Crippen LogP contribution >= 0.6 is 0 Å². The minimum atomic E-state index is -0.247. The van der Waals surface area contributed by atoms with E-state index < -0.39 is 0 Å². The van der Waals surface area contributed by atoms with Gasteiger partial charge in [0.15, 0.2) is 0 Å². The molecule has 17 heavy (non-hydrogen) atoms. The van der Waals surface area contributed by atoms with Gasteiger partial charge in [0.1, 0.15) is 0 Å². The van der Waals surface area contributed by atoms with E-state index in [-0.39, 0.29) is 12.1 Å². The number of hydrogen-bond acceptors (Lipinski definition) is 2. The molecule has 2 rings (SSSR count). The van der Waals surface area contributed by atoms with Gasteiger partial charge in [0.25, 0.3) is 0 Å². The fourth-order valence-electron chi connectivity index (χ4n) is 2.50. The normalized spacial score (nSPS) is 22.4. The first-order valence-electron chi connectivity index (χ1n) is 6.79. The van der Waals surface area contributed by atoms with Gasteiger partial charge in [-0.15, -0.1) is 0 Å². The Bertz CT molecular complexity index is 327. The minimum Gasteiger partial charge on any atom is -0.391 e. The Morgan fingerprint density at radius 2 is 1.94 bits per heavy atom. The fraction of sp³-hybridized carbons (Fsp3) is 0.600. The number of hydrogen-bond donors (Lipinski definition) is 2. The molecular weight excluding hydrogens is 210 g/mol. The lowest BCUT2D eigenvalue weighted by Gasteiger charge is -2.28. The van der Waals surface area contributed by atoms with Crippen molar-refractivity contribution in [1.82, 2.24) is 5.32 Å². The van der Waals surface area contributed by atoms with Gasteiger partial charge >= 0.3 is 0 Å². The quantitative estimate of drug-likeness (QED) is 0.836. The summed E-state index contributed by atoms with van der Waals surface area (Å²) in [6.45, 7) is 3.21. The molecular formula is C15H23NO. The van der Waals surface area contributed by atoms with Crippen LogP contribution in [0.25, 0.3) is 0 Å². The van der Waals surface area contributed by atoms with Crippen molar-refractivity contribution in [3.05, 3.63) is 35.4 Å². The molecule has 2 heteroatoms. The van der Waals surface area contributed by atoms with Crippen LogP contribution in [0.4, 0.5) is 0 Å². The standard InChI is InChI=1S/C15H23NO/c1-2-12-6-8-13(9-7-12)11-15(17)14-5-3-4-10-16-14/h6-9,14-17H,2-5,10-11H2,1H3. The summed E-state index contributed by atoms with van der Waals surface area (Å²) >= 11 is 0. The van der Waals surface area contributed by atoms with E-state index in [2.05, 4.69) is 36.5 Å². The molecule has 1 aromatic rings. The Morgan fingerprint density at radius 1 is 1.24 bits per heavy atom. The highest BCUT2D eigenvalue weighted by Crippen LogP contribution is 2.15. The number of aliphatic hydroxyl groups is 1. The van der Waals surface area contributed by atoms with Gasteiger partial charge in [-0.25, -0.2) is 0 Å². The number of aryl methyl sites for hydroxylation is 1. The second-order valence-corrected chi connectivity index (χ2v) is 5.00. The van der Waals surface area contributed by atoms with E-state index in [4.69, 9.17) is 0 Å². The van der Waals surface area contributed by atoms with Gasteiger partial charge in [0.2, 0.25) is 0 Å². The molecule has 2 nitrogen and oxygen atoms in total. The van der Waals surface area contributed by atoms with Crippen molar-refractivity contribution in [3.8, 4) is 0 Å². The molecule has 0 spiro atoms. The van der Waals surface area contributed by atoms with Crippen molar-refractivity contribution in [2.45, 2.75) is 51.2 Å². The Labute approximate surface area is 104 Å². The molecule has 1 aromatic carbocycles. The van der Waals surface area contributed by atoms with Crippen LogP contribution < -0.4 is 5.32 Å². The van der Waals surface area contributed by atoms with Crippen molar-refractivity contribution in [2.75, 3.05) is 6.54 Å². The Kier molecular flexibility index (Phi) is 4.57. The molecule has 0 amide bonds. The van der Waals surface area contributed by atoms with Crippen LogP contribution in [-0.2, 0) is 12.8 Å². The predicted octanol–water partition coefficient (Wildman–Crippen LogP) is 2.29. The number of piperidine rings is 1. The average Bonchev–Trinajstić information content (AvgIpc) is 2.40. The highest BCUT2D eigenvalue weighted by atomic mass is 16.3. The summed E-state index contributed by atoms with van der Waals surface area (Å²) in [6, 6.07) is 8.90. The zero-order valence-electron chi connectivity index (χ0n) is 10.7. The summed E-state index contributed by atoms with van der Waals surface area (Å²) in [5, 5.41) is 13.6. The summed E-state index contributed by atoms with van der Waals surface area (Å²) in [5.74, 6) is 0. The molecule has 2 unspecified atom stereocenters. The van der Waals surface area contributed by atoms with Gasteiger partial charge in [0.05, 0.1) is 6.10 Å². The first-order valence-corrected chi connectivity index (χ1v) is 6.79. The molecule has 1 heterocycles. The van der Waals surface area contributed by atoms with Crippen LogP contribution in [0.15, 0.2) is 24.3 Å². The van der Waals surface area contributed by atoms with E-state index in [0.717, 1.165) is 25.8 Å². The van der Waals surface area contributed by atoms with Gasteiger partial charge in [-0.1, -0.05) is 37.6 Å². The molecule has 1 aliphatic heterocycles. The number of aliphatic hydroxyl groups excluding tert-OH is 1. The van der Waals surface area contributed by atoms with E-state index in [1.807, 2.05) is 0 Å². The fourth-order valence-corrected chi connectivity index (χ4v) is 2.50. The van der Waals surface area contributed by atoms with E-state index in [0.29, 0.717) is 0 Å². The average molecular weight is 233 g/mol. The first-order chi connectivity index (χ1) is 8.29. The topological polar surface area (TPSA) is 32.3 Å². The highest BCUT2D eigenvalue weighted by molar-refractivity contribution is 5.23. The van der Waals surface area contributed by atoms with E-state index in [1.54, 1.807) is 0 Å². The minimum absolute atomic E-state index is 0.247. The van der Waals surface area contributed by atoms with E-state index in [9.17, 15) is 5.11 Å². The van der Waals surface area contributed by atoms with Gasteiger partial charge in [-0.2, -0.15) is 0 Å². The van der Waals surface area contributed by atoms with E-state index >= 15 is 0 Å². The van der Waals surface area contributed by atoms with Gasteiger partial charge < -0.3 is 10.4 Å². The number of rotatable bonds is 4. The molecule has 0 saturated carbocycles. The summed E-state index contributed by atoms with van der Waals surface area (Å²) in [7, 11) is 0. The van der Waals surface area contributed by atoms with E-state index in [1.165, 1.54) is 24.0 Å². The Morgan fingerprint density at radius 3 is 2.53 bits per heavy atom. The highest BCUT2D eigenvalue weighted by Gasteiger charge is 2.21. The van der Waals surface area contributed by atoms with Gasteiger partial charge in [-0.05, 0) is 43.4 Å². The molecule has 2 atom stereocenters. The van der Waals surface area contributed by atoms with Crippen molar-refractivity contribution in [2.24, 2.45) is 0 Å². The maximum atomic E-state index is 10.2. The lowest BCUT2D eigenvalue weighted by Crippen LogP contribution is -2.44. The smallest absolute Gasteiger partial charge is 0.0733 e. The SMILES string of the molecule is CCc1ccc(CC(O)C2CCCCN2)cc1. The van der Waals surface area contributed by atoms with Crippen LogP contribution in [0, 0.1) is 0 Å². The third-order valence-corrected chi connectivity index (χ3v) is 3.69. The third kappa shape index (κ3) is 3.55. The maximum absolute atomic E-state index is 10.2. The summed E-state index contributed by atoms with van der Waals surface area (Å²) in [5.41, 5.74) is 2.60. The molecule has 0 aromatic heterocycles. The van der Waals surface area contributed by atoms with Crippen molar-refractivity contribution < 1.29 is 5.11 Å². The first kappa shape index (κ1) is 12.6. The van der Waals surface area contributed by atoms with Crippen LogP contribution in [-0.4, -0.2) is 23.8 Å². The largest absolute Gasteiger partial charge is 0.391 e. The van der Waals surface area contributed by atoms with Crippen LogP contribution in [0.1, 0.15) is 37.3 Å². The third-order valence-electron chi connectivity index (χ3n) is 3.69. The molecule has 2 N–H and O–H groups in total. The lowest BCUT2D eigenvalue weighted by atomic mass is 9.95. The second-order valence-electron chi connectivity index (χ2n) is 5.00. The molecule has 94 valence electrons. The Balaban J connectivity index is 1.89. The summed E-state index contributed by atoms with van der Waals surface area (Å²) in [6.07, 6.45) is 5.18. The Hall–Kier alpha value is -0.860.